The number of rotatable bonds is 8. The van der Waals surface area contributed by atoms with E-state index in [-0.39, 0.29) is 29.4 Å². The normalized spacial score (nSPS) is 17.3. The Labute approximate surface area is 154 Å². The van der Waals surface area contributed by atoms with Crippen molar-refractivity contribution >= 4 is 11.7 Å². The van der Waals surface area contributed by atoms with Gasteiger partial charge >= 0.3 is 0 Å². The van der Waals surface area contributed by atoms with Crippen LogP contribution in [0.3, 0.4) is 0 Å². The Morgan fingerprint density at radius 1 is 1.31 bits per heavy atom. The minimum atomic E-state index is -0.697. The van der Waals surface area contributed by atoms with Gasteiger partial charge in [-0.05, 0) is 30.0 Å². The zero-order chi connectivity index (χ0) is 19.4. The molecule has 1 aliphatic rings. The van der Waals surface area contributed by atoms with Crippen molar-refractivity contribution in [3.05, 3.63) is 35.1 Å². The van der Waals surface area contributed by atoms with Gasteiger partial charge in [-0.25, -0.2) is 0 Å². The van der Waals surface area contributed by atoms with Gasteiger partial charge < -0.3 is 19.8 Å². The zero-order valence-corrected chi connectivity index (χ0v) is 15.8. The quantitative estimate of drug-likeness (QED) is 0.740. The zero-order valence-electron chi connectivity index (χ0n) is 15.8. The summed E-state index contributed by atoms with van der Waals surface area (Å²) in [5, 5.41) is 20.5. The van der Waals surface area contributed by atoms with Crippen LogP contribution in [0.5, 0.6) is 11.5 Å². The number of hydrogen-bond donors (Lipinski definition) is 2. The lowest BCUT2D eigenvalue weighted by Gasteiger charge is -2.27. The van der Waals surface area contributed by atoms with Gasteiger partial charge in [0.05, 0.1) is 18.7 Å². The number of amides is 1. The first-order valence-electron chi connectivity index (χ1n) is 8.95. The fourth-order valence-electron chi connectivity index (χ4n) is 3.20. The summed E-state index contributed by atoms with van der Waals surface area (Å²) in [5.41, 5.74) is 0.688. The molecule has 0 aromatic heterocycles. The van der Waals surface area contributed by atoms with Crippen LogP contribution in [-0.2, 0) is 9.59 Å². The van der Waals surface area contributed by atoms with Crippen molar-refractivity contribution in [2.24, 2.45) is 5.92 Å². The summed E-state index contributed by atoms with van der Waals surface area (Å²) >= 11 is 0. The van der Waals surface area contributed by atoms with Crippen LogP contribution in [0.1, 0.15) is 51.6 Å². The number of phenols is 1. The van der Waals surface area contributed by atoms with Crippen LogP contribution in [0.25, 0.3) is 0 Å². The van der Waals surface area contributed by atoms with Crippen LogP contribution in [0.15, 0.2) is 29.5 Å². The number of nitrogens with zero attached hydrogens (tertiary/aromatic N) is 1. The van der Waals surface area contributed by atoms with Gasteiger partial charge in [0.1, 0.15) is 0 Å². The summed E-state index contributed by atoms with van der Waals surface area (Å²) in [7, 11) is 1.45. The molecule has 6 heteroatoms. The highest BCUT2D eigenvalue weighted by atomic mass is 16.5. The van der Waals surface area contributed by atoms with Gasteiger partial charge in [-0.3, -0.25) is 9.59 Å². The molecule has 0 bridgehead atoms. The molecule has 1 aliphatic heterocycles. The van der Waals surface area contributed by atoms with Crippen molar-refractivity contribution < 1.29 is 24.5 Å². The maximum absolute atomic E-state index is 12.7. The van der Waals surface area contributed by atoms with Crippen molar-refractivity contribution in [2.75, 3.05) is 13.7 Å². The molecule has 1 atom stereocenters. The van der Waals surface area contributed by atoms with E-state index in [4.69, 9.17) is 4.74 Å². The number of hydrogen-bond acceptors (Lipinski definition) is 5. The van der Waals surface area contributed by atoms with Crippen molar-refractivity contribution in [3.63, 3.8) is 0 Å². The lowest BCUT2D eigenvalue weighted by Crippen LogP contribution is -2.32. The average molecular weight is 361 g/mol. The first kappa shape index (κ1) is 19.8. The minimum absolute atomic E-state index is 0.0741. The Morgan fingerprint density at radius 2 is 2.00 bits per heavy atom. The predicted octanol–water partition coefficient (Wildman–Crippen LogP) is 3.51. The monoisotopic (exact) mass is 361 g/mol. The highest BCUT2D eigenvalue weighted by Gasteiger charge is 2.43. The van der Waals surface area contributed by atoms with Gasteiger partial charge in [-0.2, -0.15) is 0 Å². The number of aliphatic hydroxyl groups excluding tert-OH is 1. The summed E-state index contributed by atoms with van der Waals surface area (Å²) < 4.78 is 5.06. The number of aliphatic hydroxyl groups is 1. The van der Waals surface area contributed by atoms with E-state index in [9.17, 15) is 19.8 Å². The number of ether oxygens (including phenoxy) is 1. The molecule has 2 N–H and O–H groups in total. The van der Waals surface area contributed by atoms with Gasteiger partial charge in [-0.1, -0.05) is 33.3 Å². The second-order valence-corrected chi connectivity index (χ2v) is 6.97. The summed E-state index contributed by atoms with van der Waals surface area (Å²) in [6, 6.07) is 4.08. The van der Waals surface area contributed by atoms with Crippen LogP contribution in [-0.4, -0.2) is 40.5 Å². The predicted molar refractivity (Wildman–Crippen MR) is 98.1 cm³/mol. The number of ketones is 1. The van der Waals surface area contributed by atoms with Crippen molar-refractivity contribution in [3.8, 4) is 11.5 Å². The lowest BCUT2D eigenvalue weighted by atomic mass is 9.92. The SMILES string of the molecule is CCCCN1C(=O)C(O)=C(C(=O)CC(C)C)C1c1ccc(OC)c(O)c1. The van der Waals surface area contributed by atoms with Gasteiger partial charge in [0.2, 0.25) is 0 Å². The first-order valence-corrected chi connectivity index (χ1v) is 8.95. The molecule has 1 amide bonds. The highest BCUT2D eigenvalue weighted by Crippen LogP contribution is 2.41. The molecule has 1 heterocycles. The third-order valence-electron chi connectivity index (χ3n) is 4.47. The molecular weight excluding hydrogens is 334 g/mol. The molecule has 0 radical (unpaired) electrons. The highest BCUT2D eigenvalue weighted by molar-refractivity contribution is 6.09. The Morgan fingerprint density at radius 3 is 2.54 bits per heavy atom. The van der Waals surface area contributed by atoms with Crippen LogP contribution in [0, 0.1) is 5.92 Å². The maximum Gasteiger partial charge on any atom is 0.290 e. The number of Topliss-reactive ketones (excluding diaryl/α,β-unsaturated/α-hetero) is 1. The average Bonchev–Trinajstić information content (AvgIpc) is 2.83. The maximum atomic E-state index is 12.7. The Balaban J connectivity index is 2.50. The molecule has 1 aromatic carbocycles. The topological polar surface area (TPSA) is 87.1 Å². The van der Waals surface area contributed by atoms with E-state index in [1.165, 1.54) is 18.1 Å². The van der Waals surface area contributed by atoms with E-state index in [0.717, 1.165) is 12.8 Å². The standard InChI is InChI=1S/C20H27NO5/c1-5-6-9-21-18(13-7-8-16(26-4)14(22)11-13)17(19(24)20(21)25)15(23)10-12(2)3/h7-8,11-12,18,22,24H,5-6,9-10H2,1-4H3. The van der Waals surface area contributed by atoms with Gasteiger partial charge in [0.15, 0.2) is 23.0 Å². The number of benzene rings is 1. The molecule has 0 saturated carbocycles. The first-order chi connectivity index (χ1) is 12.3. The van der Waals surface area contributed by atoms with E-state index in [1.54, 1.807) is 12.1 Å². The molecule has 142 valence electrons. The van der Waals surface area contributed by atoms with E-state index < -0.39 is 17.7 Å². The number of carbonyl (C=O) groups is 2. The molecular formula is C20H27NO5. The molecule has 6 nitrogen and oxygen atoms in total. The molecule has 2 rings (SSSR count). The summed E-state index contributed by atoms with van der Waals surface area (Å²) in [5.74, 6) is -0.924. The Kier molecular flexibility index (Phi) is 6.29. The van der Waals surface area contributed by atoms with Crippen molar-refractivity contribution in [1.29, 1.82) is 0 Å². The summed E-state index contributed by atoms with van der Waals surface area (Å²) in [6.45, 7) is 6.26. The smallest absolute Gasteiger partial charge is 0.290 e. The number of carbonyl (C=O) groups excluding carboxylic acids is 2. The Bertz CT molecular complexity index is 723. The van der Waals surface area contributed by atoms with Gasteiger partial charge in [-0.15, -0.1) is 0 Å². The third-order valence-corrected chi connectivity index (χ3v) is 4.47. The van der Waals surface area contributed by atoms with Gasteiger partial charge in [0.25, 0.3) is 5.91 Å². The number of unbranched alkanes of at least 4 members (excludes halogenated alkanes) is 1. The molecule has 0 spiro atoms. The molecule has 1 aromatic rings. The van der Waals surface area contributed by atoms with Crippen molar-refractivity contribution in [1.82, 2.24) is 4.90 Å². The molecule has 1 unspecified atom stereocenters. The second kappa shape index (κ2) is 8.25. The fourth-order valence-corrected chi connectivity index (χ4v) is 3.20. The fraction of sp³-hybridized carbons (Fsp3) is 0.500. The summed E-state index contributed by atoms with van der Waals surface area (Å²) in [6.07, 6.45) is 1.87. The molecule has 26 heavy (non-hydrogen) atoms. The largest absolute Gasteiger partial charge is 0.504 e. The minimum Gasteiger partial charge on any atom is -0.504 e. The molecule has 0 saturated heterocycles. The van der Waals surface area contributed by atoms with E-state index in [1.807, 2.05) is 20.8 Å². The number of phenolic OH excluding ortho intramolecular Hbond substituents is 1. The van der Waals surface area contributed by atoms with E-state index >= 15 is 0 Å². The molecule has 0 fully saturated rings. The van der Waals surface area contributed by atoms with E-state index in [2.05, 4.69) is 0 Å². The van der Waals surface area contributed by atoms with Crippen molar-refractivity contribution in [2.45, 2.75) is 46.1 Å². The molecule has 0 aliphatic carbocycles. The van der Waals surface area contributed by atoms with E-state index in [0.29, 0.717) is 17.9 Å². The van der Waals surface area contributed by atoms with Crippen LogP contribution < -0.4 is 4.74 Å². The second-order valence-electron chi connectivity index (χ2n) is 6.97. The lowest BCUT2D eigenvalue weighted by molar-refractivity contribution is -0.129. The number of methoxy groups -OCH3 is 1. The Hall–Kier alpha value is -2.50. The third kappa shape index (κ3) is 3.84. The number of aromatic hydroxyl groups is 1. The van der Waals surface area contributed by atoms with Crippen LogP contribution in [0.4, 0.5) is 0 Å². The summed E-state index contributed by atoms with van der Waals surface area (Å²) in [4.78, 5) is 26.8. The van der Waals surface area contributed by atoms with Gasteiger partial charge in [0, 0.05) is 13.0 Å². The van der Waals surface area contributed by atoms with Crippen LogP contribution >= 0.6 is 0 Å². The van der Waals surface area contributed by atoms with Crippen LogP contribution in [0.2, 0.25) is 0 Å².